The van der Waals surface area contributed by atoms with Crippen molar-refractivity contribution in [3.05, 3.63) is 63.3 Å². The van der Waals surface area contributed by atoms with Crippen molar-refractivity contribution in [3.63, 3.8) is 0 Å². The number of ketones is 1. The molecule has 1 aliphatic carbocycles. The van der Waals surface area contributed by atoms with Crippen molar-refractivity contribution in [2.45, 2.75) is 53.0 Å². The molecule has 0 radical (unpaired) electrons. The van der Waals surface area contributed by atoms with E-state index in [9.17, 15) is 14.4 Å². The Morgan fingerprint density at radius 2 is 1.91 bits per heavy atom. The van der Waals surface area contributed by atoms with Gasteiger partial charge in [0.25, 0.3) is 5.91 Å². The summed E-state index contributed by atoms with van der Waals surface area (Å²) >= 11 is 6.37. The van der Waals surface area contributed by atoms with Crippen molar-refractivity contribution in [2.24, 2.45) is 0 Å². The molecule has 0 aliphatic heterocycles. The van der Waals surface area contributed by atoms with Crippen LogP contribution in [0.3, 0.4) is 0 Å². The minimum atomic E-state index is -0.523. The Hall–Kier alpha value is -3.39. The predicted octanol–water partition coefficient (Wildman–Crippen LogP) is 5.03. The van der Waals surface area contributed by atoms with Crippen molar-refractivity contribution in [3.8, 4) is 0 Å². The summed E-state index contributed by atoms with van der Waals surface area (Å²) in [4.78, 5) is 37.6. The van der Waals surface area contributed by atoms with Gasteiger partial charge in [-0.2, -0.15) is 5.10 Å². The van der Waals surface area contributed by atoms with E-state index in [1.807, 2.05) is 19.9 Å². The smallest absolute Gasteiger partial charge is 0.291 e. The number of nitrogens with one attached hydrogen (secondary N) is 2. The average Bonchev–Trinajstić information content (AvgIpc) is 3.28. The number of aryl methyl sites for hydroxylation is 3. The van der Waals surface area contributed by atoms with E-state index in [0.29, 0.717) is 41.1 Å². The first-order chi connectivity index (χ1) is 15.7. The molecule has 1 aromatic carbocycles. The van der Waals surface area contributed by atoms with Crippen LogP contribution >= 0.6 is 11.6 Å². The molecule has 1 unspecified atom stereocenters. The summed E-state index contributed by atoms with van der Waals surface area (Å²) < 4.78 is 7.35. The number of halogens is 1. The van der Waals surface area contributed by atoms with Crippen LogP contribution in [0.25, 0.3) is 0 Å². The molecule has 0 saturated heterocycles. The lowest BCUT2D eigenvalue weighted by molar-refractivity contribution is -0.119. The van der Waals surface area contributed by atoms with Gasteiger partial charge >= 0.3 is 0 Å². The van der Waals surface area contributed by atoms with Crippen LogP contribution in [-0.4, -0.2) is 27.4 Å². The quantitative estimate of drug-likeness (QED) is 0.546. The van der Waals surface area contributed by atoms with E-state index in [0.717, 1.165) is 17.8 Å². The number of anilines is 2. The van der Waals surface area contributed by atoms with E-state index in [-0.39, 0.29) is 22.5 Å². The highest BCUT2D eigenvalue weighted by atomic mass is 35.5. The molecule has 0 fully saturated rings. The molecule has 2 N–H and O–H groups in total. The Morgan fingerprint density at radius 1 is 1.15 bits per heavy atom. The number of rotatable bonds is 5. The molecule has 4 rings (SSSR count). The average molecular weight is 469 g/mol. The van der Waals surface area contributed by atoms with Crippen LogP contribution in [0.15, 0.2) is 28.7 Å². The third kappa shape index (κ3) is 4.43. The molecule has 3 aromatic rings. The summed E-state index contributed by atoms with van der Waals surface area (Å²) in [5.41, 5.74) is 3.66. The SMILES string of the molecule is Cc1cc(C)n(C(C)C(=O)Nc2ccc(NC(=O)c3oc4c(c3C)C(=O)CCC4)cc2Cl)n1. The maximum Gasteiger partial charge on any atom is 0.291 e. The second-order valence-electron chi connectivity index (χ2n) is 8.32. The number of amides is 2. The van der Waals surface area contributed by atoms with E-state index < -0.39 is 11.9 Å². The van der Waals surface area contributed by atoms with Gasteiger partial charge in [-0.3, -0.25) is 19.1 Å². The van der Waals surface area contributed by atoms with E-state index in [4.69, 9.17) is 16.0 Å². The van der Waals surface area contributed by atoms with E-state index in [1.54, 1.807) is 36.7 Å². The predicted molar refractivity (Wildman–Crippen MR) is 125 cm³/mol. The fourth-order valence-corrected chi connectivity index (χ4v) is 4.36. The van der Waals surface area contributed by atoms with Gasteiger partial charge in [0.2, 0.25) is 5.91 Å². The molecule has 2 heterocycles. The molecule has 9 heteroatoms. The maximum atomic E-state index is 12.8. The highest BCUT2D eigenvalue weighted by Gasteiger charge is 2.29. The number of benzene rings is 1. The highest BCUT2D eigenvalue weighted by Crippen LogP contribution is 2.31. The third-order valence-electron chi connectivity index (χ3n) is 5.79. The molecule has 1 aliphatic rings. The molecule has 0 spiro atoms. The number of carbonyl (C=O) groups excluding carboxylic acids is 3. The van der Waals surface area contributed by atoms with E-state index in [1.165, 1.54) is 0 Å². The van der Waals surface area contributed by atoms with E-state index in [2.05, 4.69) is 15.7 Å². The van der Waals surface area contributed by atoms with Gasteiger partial charge in [0.05, 0.1) is 22.0 Å². The zero-order valence-corrected chi connectivity index (χ0v) is 19.7. The van der Waals surface area contributed by atoms with Gasteiger partial charge in [-0.05, 0) is 58.4 Å². The summed E-state index contributed by atoms with van der Waals surface area (Å²) in [6, 6.07) is 6.18. The molecule has 1 atom stereocenters. The monoisotopic (exact) mass is 468 g/mol. The summed E-state index contributed by atoms with van der Waals surface area (Å²) in [6.45, 7) is 7.24. The normalized spacial score (nSPS) is 14.0. The van der Waals surface area contributed by atoms with Gasteiger partial charge in [-0.15, -0.1) is 0 Å². The molecule has 33 heavy (non-hydrogen) atoms. The van der Waals surface area contributed by atoms with E-state index >= 15 is 0 Å². The molecular weight excluding hydrogens is 444 g/mol. The van der Waals surface area contributed by atoms with Gasteiger partial charge in [0, 0.05) is 29.8 Å². The van der Waals surface area contributed by atoms with Gasteiger partial charge in [0.1, 0.15) is 11.8 Å². The van der Waals surface area contributed by atoms with Gasteiger partial charge < -0.3 is 15.1 Å². The van der Waals surface area contributed by atoms with Crippen molar-refractivity contribution in [1.29, 1.82) is 0 Å². The van der Waals surface area contributed by atoms with Gasteiger partial charge in [-0.1, -0.05) is 11.6 Å². The van der Waals surface area contributed by atoms with Gasteiger partial charge in [0.15, 0.2) is 11.5 Å². The minimum absolute atomic E-state index is 0.00869. The number of carbonyl (C=O) groups is 3. The number of nitrogens with zero attached hydrogens (tertiary/aromatic N) is 2. The summed E-state index contributed by atoms with van der Waals surface area (Å²) in [5, 5.41) is 10.2. The summed E-state index contributed by atoms with van der Waals surface area (Å²) in [6.07, 6.45) is 1.84. The molecule has 0 saturated carbocycles. The van der Waals surface area contributed by atoms with Crippen LogP contribution < -0.4 is 10.6 Å². The molecule has 0 bridgehead atoms. The highest BCUT2D eigenvalue weighted by molar-refractivity contribution is 6.34. The second-order valence-corrected chi connectivity index (χ2v) is 8.72. The molecule has 172 valence electrons. The molecule has 2 amide bonds. The first-order valence-corrected chi connectivity index (χ1v) is 11.1. The number of aromatic nitrogens is 2. The second kappa shape index (κ2) is 8.86. The fraction of sp³-hybridized carbons (Fsp3) is 0.333. The maximum absolute atomic E-state index is 12.8. The standard InChI is InChI=1S/C24H25ClN4O4/c1-12-10-13(2)29(28-12)15(4)23(31)27-18-9-8-16(11-17(18)25)26-24(32)22-14(3)21-19(30)6-5-7-20(21)33-22/h8-11,15H,5-7H2,1-4H3,(H,26,32)(H,27,31). The van der Waals surface area contributed by atoms with Crippen molar-refractivity contribution in [1.82, 2.24) is 9.78 Å². The van der Waals surface area contributed by atoms with Crippen LogP contribution in [0.4, 0.5) is 11.4 Å². The Balaban J connectivity index is 1.47. The van der Waals surface area contributed by atoms with Crippen molar-refractivity contribution >= 4 is 40.6 Å². The Labute approximate surface area is 196 Å². The lowest BCUT2D eigenvalue weighted by Crippen LogP contribution is -2.25. The number of hydrogen-bond acceptors (Lipinski definition) is 5. The largest absolute Gasteiger partial charge is 0.455 e. The topological polar surface area (TPSA) is 106 Å². The number of fused-ring (bicyclic) bond motifs is 1. The number of furan rings is 1. The van der Waals surface area contributed by atoms with Crippen molar-refractivity contribution in [2.75, 3.05) is 10.6 Å². The van der Waals surface area contributed by atoms with Gasteiger partial charge in [-0.25, -0.2) is 0 Å². The number of Topliss-reactive ketones (excluding diaryl/α,β-unsaturated/α-hetero) is 1. The zero-order chi connectivity index (χ0) is 23.9. The Bertz CT molecular complexity index is 1270. The Morgan fingerprint density at radius 3 is 2.55 bits per heavy atom. The van der Waals surface area contributed by atoms with Crippen molar-refractivity contribution < 1.29 is 18.8 Å². The number of hydrogen-bond donors (Lipinski definition) is 2. The van der Waals surface area contributed by atoms with Crippen LogP contribution in [-0.2, 0) is 11.2 Å². The first-order valence-electron chi connectivity index (χ1n) is 10.8. The summed E-state index contributed by atoms with van der Waals surface area (Å²) in [5.74, 6) is -0.0133. The minimum Gasteiger partial charge on any atom is -0.455 e. The van der Waals surface area contributed by atoms with Crippen LogP contribution in [0.1, 0.15) is 69.4 Å². The van der Waals surface area contributed by atoms with Crippen LogP contribution in [0, 0.1) is 20.8 Å². The lowest BCUT2D eigenvalue weighted by Gasteiger charge is -2.15. The molecule has 2 aromatic heterocycles. The third-order valence-corrected chi connectivity index (χ3v) is 6.10. The fourth-order valence-electron chi connectivity index (χ4n) is 4.13. The molecule has 8 nitrogen and oxygen atoms in total. The Kier molecular flexibility index (Phi) is 6.12. The lowest BCUT2D eigenvalue weighted by atomic mass is 9.94. The molecular formula is C24H25ClN4O4. The van der Waals surface area contributed by atoms with Crippen LogP contribution in [0.2, 0.25) is 5.02 Å². The summed E-state index contributed by atoms with van der Waals surface area (Å²) in [7, 11) is 0. The first kappa shape index (κ1) is 22.8. The van der Waals surface area contributed by atoms with Crippen LogP contribution in [0.5, 0.6) is 0 Å². The zero-order valence-electron chi connectivity index (χ0n) is 18.9.